The summed E-state index contributed by atoms with van der Waals surface area (Å²) in [5.74, 6) is 1.51. The average Bonchev–Trinajstić information content (AvgIpc) is 3.65. The summed E-state index contributed by atoms with van der Waals surface area (Å²) in [4.78, 5) is 5.41. The van der Waals surface area contributed by atoms with Gasteiger partial charge < -0.3 is 14.2 Å². The molecule has 1 aromatic heterocycles. The number of allylic oxidation sites excluding steroid dienone is 1. The lowest BCUT2D eigenvalue weighted by Gasteiger charge is -2.50. The highest BCUT2D eigenvalue weighted by Crippen LogP contribution is 2.59. The van der Waals surface area contributed by atoms with E-state index >= 15 is 0 Å². The third kappa shape index (κ3) is 6.22. The summed E-state index contributed by atoms with van der Waals surface area (Å²) in [7, 11) is 0. The van der Waals surface area contributed by atoms with Crippen LogP contribution in [0.1, 0.15) is 182 Å². The van der Waals surface area contributed by atoms with Gasteiger partial charge in [0.05, 0.1) is 17.0 Å². The number of hydrogen-bond acceptors (Lipinski definition) is 3. The van der Waals surface area contributed by atoms with Crippen molar-refractivity contribution in [3.8, 4) is 0 Å². The molecule has 4 heteroatoms. The van der Waals surface area contributed by atoms with Crippen LogP contribution in [0.25, 0.3) is 16.8 Å². The smallest absolute Gasteiger partial charge is 0.297 e. The Hall–Kier alpha value is -4.96. The molecule has 1 saturated carbocycles. The van der Waals surface area contributed by atoms with Crippen molar-refractivity contribution in [3.63, 3.8) is 0 Å². The first-order valence-corrected chi connectivity index (χ1v) is 26.3. The van der Waals surface area contributed by atoms with E-state index in [0.29, 0.717) is 5.92 Å². The second-order valence-electron chi connectivity index (χ2n) is 27.4. The maximum atomic E-state index is 7.77. The summed E-state index contributed by atoms with van der Waals surface area (Å²) < 4.78 is 7.77. The second-order valence-corrected chi connectivity index (χ2v) is 27.4. The maximum absolute atomic E-state index is 7.77. The SMILES string of the molecule is CC1(C)CCC(C)(C)C2Cc3c(oc4c3N(c3cccc5ccccc35)c3cc(C(C)(C)C)cc5c3B4c3cc4c(cc3N5c3ccc5c(c3)C(C)(C)CCC5(C)C)C(C)(C)CCC4(C)C)C=C21. The first kappa shape index (κ1) is 44.3. The maximum Gasteiger partial charge on any atom is 0.297 e. The Bertz CT molecular complexity index is 3170. The highest BCUT2D eigenvalue weighted by atomic mass is 16.3. The Morgan fingerprint density at radius 3 is 1.82 bits per heavy atom. The van der Waals surface area contributed by atoms with Crippen LogP contribution in [0, 0.1) is 16.7 Å². The molecule has 4 aliphatic carbocycles. The first-order valence-electron chi connectivity index (χ1n) is 26.3. The van der Waals surface area contributed by atoms with E-state index in [1.807, 2.05) is 0 Å². The highest BCUT2D eigenvalue weighted by molar-refractivity contribution is 6.99. The van der Waals surface area contributed by atoms with Crippen LogP contribution in [0.4, 0.5) is 34.1 Å². The normalized spacial score (nSPS) is 22.8. The van der Waals surface area contributed by atoms with Gasteiger partial charge in [0, 0.05) is 33.7 Å². The highest BCUT2D eigenvalue weighted by Gasteiger charge is 2.53. The third-order valence-electron chi connectivity index (χ3n) is 19.1. The molecule has 1 unspecified atom stereocenters. The minimum Gasteiger partial charge on any atom is -0.468 e. The van der Waals surface area contributed by atoms with Crippen LogP contribution in [-0.4, -0.2) is 6.71 Å². The van der Waals surface area contributed by atoms with Gasteiger partial charge in [0.2, 0.25) is 0 Å². The third-order valence-corrected chi connectivity index (χ3v) is 19.1. The molecule has 5 aromatic carbocycles. The lowest BCUT2D eigenvalue weighted by atomic mass is 9.35. The number of nitrogens with zero attached hydrogens (tertiary/aromatic N) is 2. The molecular formula is C64H75BN2O. The van der Waals surface area contributed by atoms with E-state index in [9.17, 15) is 0 Å². The van der Waals surface area contributed by atoms with Crippen molar-refractivity contribution in [3.05, 3.63) is 130 Å². The van der Waals surface area contributed by atoms with Crippen LogP contribution < -0.4 is 26.4 Å². The lowest BCUT2D eigenvalue weighted by molar-refractivity contribution is 0.123. The molecular weight excluding hydrogens is 824 g/mol. The van der Waals surface area contributed by atoms with Gasteiger partial charge >= 0.3 is 0 Å². The largest absolute Gasteiger partial charge is 0.468 e. The van der Waals surface area contributed by atoms with E-state index in [1.54, 1.807) is 5.57 Å². The molecule has 68 heavy (non-hydrogen) atoms. The van der Waals surface area contributed by atoms with Gasteiger partial charge in [-0.25, -0.2) is 0 Å². The second kappa shape index (κ2) is 13.9. The fourth-order valence-electron chi connectivity index (χ4n) is 14.2. The number of hydrogen-bond donors (Lipinski definition) is 0. The molecule has 0 N–H and O–H groups in total. The quantitative estimate of drug-likeness (QED) is 0.161. The van der Waals surface area contributed by atoms with Gasteiger partial charge in [0.25, 0.3) is 6.71 Å². The zero-order valence-corrected chi connectivity index (χ0v) is 44.1. The Balaban J connectivity index is 1.23. The summed E-state index contributed by atoms with van der Waals surface area (Å²) in [6, 6.07) is 34.0. The van der Waals surface area contributed by atoms with Gasteiger partial charge in [-0.1, -0.05) is 158 Å². The van der Waals surface area contributed by atoms with Crippen molar-refractivity contribution in [2.24, 2.45) is 16.7 Å². The molecule has 1 fully saturated rings. The molecule has 3 heterocycles. The van der Waals surface area contributed by atoms with Crippen LogP contribution in [-0.2, 0) is 33.5 Å². The van der Waals surface area contributed by atoms with Crippen molar-refractivity contribution in [2.45, 2.75) is 176 Å². The molecule has 6 aliphatic rings. The first-order chi connectivity index (χ1) is 31.8. The molecule has 0 radical (unpaired) electrons. The predicted octanol–water partition coefficient (Wildman–Crippen LogP) is 15.9. The Morgan fingerprint density at radius 1 is 0.559 bits per heavy atom. The summed E-state index contributed by atoms with van der Waals surface area (Å²) in [5.41, 5.74) is 22.2. The van der Waals surface area contributed by atoms with Crippen molar-refractivity contribution in [2.75, 3.05) is 9.80 Å². The van der Waals surface area contributed by atoms with Crippen LogP contribution >= 0.6 is 0 Å². The van der Waals surface area contributed by atoms with E-state index in [4.69, 9.17) is 4.42 Å². The van der Waals surface area contributed by atoms with Crippen LogP contribution in [0.5, 0.6) is 0 Å². The van der Waals surface area contributed by atoms with Crippen molar-refractivity contribution in [1.29, 1.82) is 0 Å². The average molecular weight is 899 g/mol. The summed E-state index contributed by atoms with van der Waals surface area (Å²) >= 11 is 0. The Morgan fingerprint density at radius 2 is 1.15 bits per heavy atom. The Labute approximate surface area is 408 Å². The van der Waals surface area contributed by atoms with Gasteiger partial charge in [-0.3, -0.25) is 0 Å². The zero-order chi connectivity index (χ0) is 48.0. The van der Waals surface area contributed by atoms with E-state index in [1.165, 1.54) is 128 Å². The van der Waals surface area contributed by atoms with Crippen molar-refractivity contribution in [1.82, 2.24) is 0 Å². The van der Waals surface area contributed by atoms with Gasteiger partial charge in [-0.05, 0) is 175 Å². The summed E-state index contributed by atoms with van der Waals surface area (Å²) in [6.45, 7) is 37.0. The van der Waals surface area contributed by atoms with Crippen LogP contribution in [0.3, 0.4) is 0 Å². The summed E-state index contributed by atoms with van der Waals surface area (Å²) in [6.07, 6.45) is 10.7. The molecule has 0 amide bonds. The molecule has 6 aromatic rings. The van der Waals surface area contributed by atoms with Gasteiger partial charge in [0.15, 0.2) is 0 Å². The van der Waals surface area contributed by atoms with E-state index < -0.39 is 0 Å². The van der Waals surface area contributed by atoms with E-state index in [-0.39, 0.29) is 44.6 Å². The minimum atomic E-state index is -0.118. The van der Waals surface area contributed by atoms with Gasteiger partial charge in [-0.2, -0.15) is 0 Å². The van der Waals surface area contributed by atoms with Crippen LogP contribution in [0.15, 0.2) is 94.9 Å². The predicted molar refractivity (Wildman–Crippen MR) is 291 cm³/mol. The fourth-order valence-corrected chi connectivity index (χ4v) is 14.2. The lowest BCUT2D eigenvalue weighted by Crippen LogP contribution is -2.61. The number of fused-ring (bicyclic) bond motifs is 10. The zero-order valence-electron chi connectivity index (χ0n) is 44.1. The minimum absolute atomic E-state index is 0.0392. The molecule has 2 aliphatic heterocycles. The standard InChI is InChI=1S/C64H75BN2O/c1-58(2,3)39-31-52-55-53(32-39)67(50-22-18-20-38-19-16-17-21-41(38)50)56-42-34-45-48(64(14,15)30-27-61(45,8)9)37-54(42)68-57(56)65(55)49-35-46-47(63(12,13)29-28-62(46,10)11)36-51(49)66(52)40-23-24-43-44(33-40)60(6,7)26-25-59(43,4)5/h16-24,31-33,35-37,45H,25-30,34H2,1-15H3. The number of rotatable bonds is 2. The molecule has 0 bridgehead atoms. The van der Waals surface area contributed by atoms with Crippen molar-refractivity contribution >= 4 is 74.3 Å². The van der Waals surface area contributed by atoms with E-state index in [2.05, 4.69) is 205 Å². The Kier molecular flexibility index (Phi) is 9.04. The molecule has 1 atom stereocenters. The van der Waals surface area contributed by atoms with Gasteiger partial charge in [0.1, 0.15) is 5.76 Å². The number of furan rings is 1. The van der Waals surface area contributed by atoms with Crippen molar-refractivity contribution < 1.29 is 4.42 Å². The number of anilines is 6. The molecule has 3 nitrogen and oxygen atoms in total. The monoisotopic (exact) mass is 899 g/mol. The van der Waals surface area contributed by atoms with E-state index in [0.717, 1.165) is 17.8 Å². The fraction of sp³-hybridized carbons (Fsp3) is 0.469. The summed E-state index contributed by atoms with van der Waals surface area (Å²) in [5, 5.41) is 2.52. The molecule has 350 valence electrons. The topological polar surface area (TPSA) is 19.6 Å². The number of benzene rings is 5. The van der Waals surface area contributed by atoms with Gasteiger partial charge in [-0.15, -0.1) is 0 Å². The molecule has 12 rings (SSSR count). The molecule has 0 spiro atoms. The van der Waals surface area contributed by atoms with Crippen LogP contribution in [0.2, 0.25) is 0 Å². The molecule has 0 saturated heterocycles.